The van der Waals surface area contributed by atoms with Crippen molar-refractivity contribution in [1.29, 1.82) is 0 Å². The predicted octanol–water partition coefficient (Wildman–Crippen LogP) is 0.465. The van der Waals surface area contributed by atoms with E-state index >= 15 is 0 Å². The summed E-state index contributed by atoms with van der Waals surface area (Å²) in [5.41, 5.74) is 0. The Morgan fingerprint density at radius 1 is 1.50 bits per heavy atom. The van der Waals surface area contributed by atoms with E-state index in [0.717, 1.165) is 6.29 Å². The van der Waals surface area contributed by atoms with Crippen LogP contribution in [0.1, 0.15) is 19.3 Å². The van der Waals surface area contributed by atoms with Crippen LogP contribution in [0.5, 0.6) is 0 Å². The molecule has 0 atom stereocenters. The summed E-state index contributed by atoms with van der Waals surface area (Å²) in [4.78, 5) is 19.0. The van der Waals surface area contributed by atoms with Crippen LogP contribution < -0.4 is 0 Å². The third-order valence-corrected chi connectivity index (χ3v) is 0.601. The van der Waals surface area contributed by atoms with Crippen molar-refractivity contribution in [3.05, 3.63) is 0 Å². The number of rotatable bonds is 4. The third-order valence-electron chi connectivity index (χ3n) is 0.601. The summed E-state index contributed by atoms with van der Waals surface area (Å²) in [5, 5.41) is 0. The van der Waals surface area contributed by atoms with Crippen molar-refractivity contribution in [2.24, 2.45) is 0 Å². The zero-order valence-electron chi connectivity index (χ0n) is 4.37. The van der Waals surface area contributed by atoms with Gasteiger partial charge in [-0.3, -0.25) is 6.29 Å². The molecule has 0 aromatic rings. The van der Waals surface area contributed by atoms with E-state index in [-0.39, 0.29) is 39.9 Å². The van der Waals surface area contributed by atoms with Crippen LogP contribution in [-0.4, -0.2) is 12.6 Å². The van der Waals surface area contributed by atoms with E-state index in [2.05, 4.69) is 0 Å². The normalized spacial score (nSPS) is 7.00. The maximum absolute atomic E-state index is 9.55. The summed E-state index contributed by atoms with van der Waals surface area (Å²) in [6, 6.07) is 0. The molecule has 0 unspecified atom stereocenters. The Bertz CT molecular complexity index is 55.4. The van der Waals surface area contributed by atoms with E-state index in [1.807, 2.05) is 0 Å². The van der Waals surface area contributed by atoms with Gasteiger partial charge in [0.25, 0.3) is 0 Å². The van der Waals surface area contributed by atoms with Gasteiger partial charge in [0.05, 0.1) is 0 Å². The summed E-state index contributed by atoms with van der Waals surface area (Å²) in [7, 11) is 0. The van der Waals surface area contributed by atoms with Crippen LogP contribution in [0.15, 0.2) is 0 Å². The van der Waals surface area contributed by atoms with Crippen LogP contribution in [0.4, 0.5) is 0 Å². The molecule has 0 aromatic heterocycles. The van der Waals surface area contributed by atoms with Crippen LogP contribution in [0.2, 0.25) is 0 Å². The molecule has 0 aliphatic carbocycles. The molecule has 0 radical (unpaired) electrons. The second-order valence-corrected chi connectivity index (χ2v) is 1.20. The minimum absolute atomic E-state index is 0. The number of hydrogen-bond acceptors (Lipinski definition) is 2. The monoisotopic (exact) mass is 257 g/mol. The van der Waals surface area contributed by atoms with E-state index in [4.69, 9.17) is 0 Å². The van der Waals surface area contributed by atoms with Gasteiger partial charge in [0, 0.05) is 46.4 Å². The molecule has 8 heavy (non-hydrogen) atoms. The van der Waals surface area contributed by atoms with Crippen LogP contribution in [0, 0.1) is 39.9 Å². The molecule has 0 rings (SSSR count). The van der Waals surface area contributed by atoms with Gasteiger partial charge in [-0.05, 0) is 0 Å². The van der Waals surface area contributed by atoms with Crippen molar-refractivity contribution < 1.29 is 49.5 Å². The summed E-state index contributed by atoms with van der Waals surface area (Å²) in [6.45, 7) is 0. The van der Waals surface area contributed by atoms with Crippen LogP contribution in [-0.2, 0) is 9.59 Å². The molecular formula is C5H7GdO2-. The average Bonchev–Trinajstić information content (AvgIpc) is 1.69. The van der Waals surface area contributed by atoms with Crippen molar-refractivity contribution in [2.45, 2.75) is 19.3 Å². The van der Waals surface area contributed by atoms with E-state index in [1.54, 1.807) is 6.29 Å². The second-order valence-electron chi connectivity index (χ2n) is 1.20. The molecule has 0 spiro atoms. The third kappa shape index (κ3) is 9.83. The minimum Gasteiger partial charge on any atom is -0.542 e. The molecule has 2 nitrogen and oxygen atoms in total. The number of aldehydes is 1. The molecule has 0 bridgehead atoms. The Kier molecular flexibility index (Phi) is 15.2. The fourth-order valence-electron chi connectivity index (χ4n) is 0.258. The van der Waals surface area contributed by atoms with Gasteiger partial charge in [0.1, 0.15) is 6.29 Å². The van der Waals surface area contributed by atoms with Gasteiger partial charge in [-0.1, -0.05) is 6.42 Å². The molecule has 0 aromatic carbocycles. The van der Waals surface area contributed by atoms with Crippen molar-refractivity contribution in [3.63, 3.8) is 0 Å². The van der Waals surface area contributed by atoms with Gasteiger partial charge in [0.15, 0.2) is 0 Å². The Balaban J connectivity index is 0. The maximum Gasteiger partial charge on any atom is 0.119 e. The smallest absolute Gasteiger partial charge is 0.119 e. The van der Waals surface area contributed by atoms with Crippen molar-refractivity contribution >= 4 is 12.6 Å². The van der Waals surface area contributed by atoms with E-state index < -0.39 is 0 Å². The molecule has 0 fully saturated rings. The Morgan fingerprint density at radius 3 is 2.50 bits per heavy atom. The first kappa shape index (κ1) is 11.5. The predicted molar refractivity (Wildman–Crippen MR) is 25.6 cm³/mol. The van der Waals surface area contributed by atoms with Gasteiger partial charge >= 0.3 is 0 Å². The molecule has 0 amide bonds. The minimum atomic E-state index is 0. The van der Waals surface area contributed by atoms with Gasteiger partial charge in [-0.2, -0.15) is 6.42 Å². The van der Waals surface area contributed by atoms with Gasteiger partial charge in [-0.25, -0.2) is 0 Å². The van der Waals surface area contributed by atoms with Gasteiger partial charge in [-0.15, -0.1) is 0 Å². The number of carbonyl (C=O) groups excluding carboxylic acids is 2. The van der Waals surface area contributed by atoms with Gasteiger partial charge < -0.3 is 9.59 Å². The van der Waals surface area contributed by atoms with Crippen molar-refractivity contribution in [2.75, 3.05) is 0 Å². The van der Waals surface area contributed by atoms with Gasteiger partial charge in [0.2, 0.25) is 0 Å². The van der Waals surface area contributed by atoms with Crippen LogP contribution in [0.25, 0.3) is 0 Å². The molecular weight excluding hydrogens is 249 g/mol. The first-order valence-electron chi connectivity index (χ1n) is 2.20. The summed E-state index contributed by atoms with van der Waals surface area (Å²) < 4.78 is 0. The molecule has 0 N–H and O–H groups in total. The number of unbranched alkanes of at least 4 members (excludes halogenated alkanes) is 2. The van der Waals surface area contributed by atoms with E-state index in [1.165, 1.54) is 0 Å². The summed E-state index contributed by atoms with van der Waals surface area (Å²) in [5.74, 6) is 0. The first-order valence-corrected chi connectivity index (χ1v) is 2.20. The largest absolute Gasteiger partial charge is 0.542 e. The zero-order chi connectivity index (χ0) is 5.54. The quantitative estimate of drug-likeness (QED) is 0.416. The Labute approximate surface area is 80.7 Å². The SMILES string of the molecule is O=[C-]CCCC=O.[Gd]. The van der Waals surface area contributed by atoms with E-state index in [9.17, 15) is 9.59 Å². The van der Waals surface area contributed by atoms with Crippen molar-refractivity contribution in [1.82, 2.24) is 0 Å². The molecule has 0 aliphatic heterocycles. The average molecular weight is 256 g/mol. The number of carbonyl (C=O) groups is 1. The maximum atomic E-state index is 9.55. The molecule has 0 saturated carbocycles. The molecule has 48 valence electrons. The Morgan fingerprint density at radius 2 is 2.12 bits per heavy atom. The molecule has 0 heterocycles. The number of hydrogen-bond donors (Lipinski definition) is 0. The topological polar surface area (TPSA) is 34.1 Å². The van der Waals surface area contributed by atoms with Crippen LogP contribution >= 0.6 is 0 Å². The van der Waals surface area contributed by atoms with Crippen LogP contribution in [0.3, 0.4) is 0 Å². The molecule has 0 saturated heterocycles. The fourth-order valence-corrected chi connectivity index (χ4v) is 0.258. The van der Waals surface area contributed by atoms with Crippen molar-refractivity contribution in [3.8, 4) is 0 Å². The summed E-state index contributed by atoms with van der Waals surface area (Å²) in [6.07, 6.45) is 4.01. The standard InChI is InChI=1S/C5H7O2.Gd/c6-4-2-1-3-5-7;/h4H,1-3H2;/q-1;. The van der Waals surface area contributed by atoms with E-state index in [0.29, 0.717) is 19.3 Å². The molecule has 3 heteroatoms. The molecule has 0 aliphatic rings. The second kappa shape index (κ2) is 10.6. The zero-order valence-corrected chi connectivity index (χ0v) is 6.64. The Hall–Kier alpha value is 0.665. The first-order chi connectivity index (χ1) is 3.41. The summed E-state index contributed by atoms with van der Waals surface area (Å²) >= 11 is 0. The fraction of sp³-hybridized carbons (Fsp3) is 0.600.